The Morgan fingerprint density at radius 1 is 0.480 bits per heavy atom. The molecule has 7 N–H and O–H groups in total. The molecule has 28 heteroatoms. The van der Waals surface area contributed by atoms with Gasteiger partial charge in [0.05, 0.1) is 38.4 Å². The lowest BCUT2D eigenvalue weighted by Crippen LogP contribution is -2.62. The van der Waals surface area contributed by atoms with Crippen molar-refractivity contribution in [2.24, 2.45) is 41.4 Å². The Morgan fingerprint density at radius 2 is 0.941 bits per heavy atom. The summed E-state index contributed by atoms with van der Waals surface area (Å²) in [6.07, 6.45) is 6.65. The summed E-state index contributed by atoms with van der Waals surface area (Å²) in [5, 5.41) is 35.5. The second kappa shape index (κ2) is 42.1. The molecule has 12 amide bonds. The average molecular weight is 1460 g/mol. The minimum Gasteiger partial charge on any atom is -0.391 e. The van der Waals surface area contributed by atoms with Gasteiger partial charge in [-0.25, -0.2) is 0 Å². The molecule has 27 nitrogen and oxygen atoms in total. The second-order valence-electron chi connectivity index (χ2n) is 31.9. The van der Waals surface area contributed by atoms with E-state index >= 15 is 28.8 Å². The van der Waals surface area contributed by atoms with E-state index in [1.165, 1.54) is 75.7 Å². The zero-order chi connectivity index (χ0) is 76.7. The molecule has 2 unspecified atom stereocenters. The summed E-state index contributed by atoms with van der Waals surface area (Å²) < 4.78 is 5.85. The van der Waals surface area contributed by atoms with Crippen LogP contribution in [0.25, 0.3) is 0 Å². The maximum atomic E-state index is 15.7. The van der Waals surface area contributed by atoms with Gasteiger partial charge < -0.3 is 75.8 Å². The average Bonchev–Trinajstić information content (AvgIpc) is 0.821. The fraction of sp³-hybridized carbons (Fsp3) is 0.838. The number of nitrogens with zero attached hydrogens (tertiary/aromatic N) is 7. The second-order valence-corrected chi connectivity index (χ2v) is 32.5. The minimum atomic E-state index is -1.66. The van der Waals surface area contributed by atoms with E-state index in [0.29, 0.717) is 38.8 Å². The molecule has 102 heavy (non-hydrogen) atoms. The number of piperidine rings is 1. The van der Waals surface area contributed by atoms with Crippen LogP contribution < -0.4 is 26.6 Å². The first-order valence-corrected chi connectivity index (χ1v) is 38.1. The molecule has 2 heterocycles. The van der Waals surface area contributed by atoms with E-state index in [1.807, 2.05) is 55.4 Å². The molecular weight excluding hydrogens is 1330 g/mol. The molecule has 0 spiro atoms. The topological polar surface area (TPSA) is 337 Å². The van der Waals surface area contributed by atoms with Gasteiger partial charge in [0.2, 0.25) is 70.9 Å². The van der Waals surface area contributed by atoms with Crippen LogP contribution in [0, 0.1) is 41.4 Å². The number of ether oxygens (including phenoxy) is 1. The standard InChI is InChI=1S/C74H129ClN12O15/c1-43(2)32-53-69(96)83(15)58(35-46(7)8)68(95)80-64(49(12)89)73(100)81(13)40-62(91)82(14)56(33-44(3)4)65(92)78-55(42-102-41-48(11)88)70(97)86(18)60(38-51-28-25-29-52(75)36-51)72(99)84(16)57(34-45(5)6)66(93)77-54(71(98)87-30-23-20-24-31-87)39-61(90)79-63(47(9)10)74(101)85(17)59(67(94)76-53)37-50-26-21-19-22-27-50/h43-60,63-64,88-89H,19-42H2,1-18H3,(H,76,94)(H,77,93)(H,78,92)(H,79,90)(H,80,95)/t48-,49-,51?,52?,53+,54+,55+,56+,57+,58+,59+,60+,63-,64+/m1/s1. The van der Waals surface area contributed by atoms with Crippen LogP contribution in [0.1, 0.15) is 205 Å². The van der Waals surface area contributed by atoms with Crippen LogP contribution in [-0.2, 0) is 62.3 Å². The van der Waals surface area contributed by atoms with Gasteiger partial charge in [-0.05, 0) is 126 Å². The van der Waals surface area contributed by atoms with Crippen LogP contribution in [0.3, 0.4) is 0 Å². The Morgan fingerprint density at radius 3 is 1.47 bits per heavy atom. The molecule has 0 radical (unpaired) electrons. The number of amides is 12. The molecule has 582 valence electrons. The number of hydrogen-bond donors (Lipinski definition) is 7. The van der Waals surface area contributed by atoms with Crippen molar-refractivity contribution in [3.8, 4) is 0 Å². The molecule has 2 aliphatic heterocycles. The SMILES string of the molecule is CC(C)C[C@@H]1NC(=O)[C@H](CC2CCCCC2)N(C)C(=O)[C@@H](C(C)C)NC(=O)C[C@@H](C(=O)N2CCCCC2)NC(=O)[C@H](CC(C)C)N(C)C(=O)[C@H](CC2CCCC(Cl)C2)N(C)C(=O)[C@H](COC[C@@H](C)O)NC(=O)[C@H](CC(C)C)N(C)C(=O)CN(C)C(=O)[C@H]([C@@H](C)O)NC(=O)[C@H](CC(C)C)N(C)C1=O. The summed E-state index contributed by atoms with van der Waals surface area (Å²) in [5.74, 6) is -10.3. The number of nitrogens with one attached hydrogen (secondary N) is 5. The van der Waals surface area contributed by atoms with Crippen molar-refractivity contribution in [2.45, 2.75) is 283 Å². The zero-order valence-electron chi connectivity index (χ0n) is 64.7. The van der Waals surface area contributed by atoms with Gasteiger partial charge in [0.25, 0.3) is 0 Å². The van der Waals surface area contributed by atoms with Gasteiger partial charge in [-0.1, -0.05) is 114 Å². The quantitative estimate of drug-likeness (QED) is 0.0892. The molecule has 2 saturated carbocycles. The Bertz CT molecular complexity index is 2800. The van der Waals surface area contributed by atoms with Crippen molar-refractivity contribution in [1.82, 2.24) is 60.9 Å². The lowest BCUT2D eigenvalue weighted by Gasteiger charge is -2.39. The van der Waals surface area contributed by atoms with Gasteiger partial charge in [-0.2, -0.15) is 0 Å². The predicted octanol–water partition coefficient (Wildman–Crippen LogP) is 4.20. The third-order valence-corrected chi connectivity index (χ3v) is 21.0. The number of hydrogen-bond acceptors (Lipinski definition) is 15. The van der Waals surface area contributed by atoms with E-state index in [1.54, 1.807) is 18.7 Å². The van der Waals surface area contributed by atoms with Crippen LogP contribution in [0.4, 0.5) is 0 Å². The van der Waals surface area contributed by atoms with Crippen LogP contribution in [-0.4, -0.2) is 269 Å². The number of alkyl halides is 1. The molecule has 0 aromatic carbocycles. The minimum absolute atomic E-state index is 0.0119. The van der Waals surface area contributed by atoms with E-state index in [-0.39, 0.29) is 86.0 Å². The van der Waals surface area contributed by atoms with Crippen molar-refractivity contribution in [3.05, 3.63) is 0 Å². The Balaban J connectivity index is 1.98. The Hall–Kier alpha value is -6.19. The normalized spacial score (nSPS) is 28.6. The van der Waals surface area contributed by atoms with E-state index < -0.39 is 169 Å². The number of likely N-dealkylation sites (tertiary alicyclic amines) is 1. The number of likely N-dealkylation sites (N-methyl/N-ethyl adjacent to an activating group) is 6. The first-order valence-electron chi connectivity index (χ1n) is 37.7. The largest absolute Gasteiger partial charge is 0.391 e. The number of aliphatic hydroxyl groups excluding tert-OH is 2. The lowest BCUT2D eigenvalue weighted by atomic mass is 9.83. The summed E-state index contributed by atoms with van der Waals surface area (Å²) in [6.45, 7) is 20.3. The zero-order valence-corrected chi connectivity index (χ0v) is 65.5. The number of carbonyl (C=O) groups is 12. The maximum Gasteiger partial charge on any atom is 0.248 e. The third kappa shape index (κ3) is 26.7. The van der Waals surface area contributed by atoms with Crippen LogP contribution in [0.2, 0.25) is 0 Å². The predicted molar refractivity (Wildman–Crippen MR) is 389 cm³/mol. The number of aliphatic hydroxyl groups is 2. The smallest absolute Gasteiger partial charge is 0.248 e. The molecule has 4 rings (SSSR count). The molecule has 0 aromatic heterocycles. The van der Waals surface area contributed by atoms with E-state index in [0.717, 1.165) is 61.2 Å². The van der Waals surface area contributed by atoms with Gasteiger partial charge in [-0.15, -0.1) is 11.6 Å². The van der Waals surface area contributed by atoms with Gasteiger partial charge in [0, 0.05) is 60.8 Å². The van der Waals surface area contributed by atoms with Crippen molar-refractivity contribution in [1.29, 1.82) is 0 Å². The highest BCUT2D eigenvalue weighted by Crippen LogP contribution is 2.34. The molecular formula is C74H129ClN12O15. The van der Waals surface area contributed by atoms with E-state index in [4.69, 9.17) is 16.3 Å². The third-order valence-electron chi connectivity index (χ3n) is 20.6. The van der Waals surface area contributed by atoms with Gasteiger partial charge >= 0.3 is 0 Å². The van der Waals surface area contributed by atoms with Crippen molar-refractivity contribution in [2.75, 3.05) is 75.1 Å². The summed E-state index contributed by atoms with van der Waals surface area (Å²) in [6, 6.07) is -13.5. The van der Waals surface area contributed by atoms with Crippen molar-refractivity contribution >= 4 is 82.5 Å². The number of rotatable bonds is 19. The molecule has 14 atom stereocenters. The van der Waals surface area contributed by atoms with E-state index in [9.17, 15) is 39.0 Å². The Kier molecular flexibility index (Phi) is 36.4. The molecule has 4 fully saturated rings. The van der Waals surface area contributed by atoms with Gasteiger partial charge in [0.1, 0.15) is 60.4 Å². The molecule has 2 saturated heterocycles. The van der Waals surface area contributed by atoms with Crippen LogP contribution in [0.15, 0.2) is 0 Å². The van der Waals surface area contributed by atoms with E-state index in [2.05, 4.69) is 26.6 Å². The van der Waals surface area contributed by atoms with Crippen molar-refractivity contribution in [3.63, 3.8) is 0 Å². The first-order chi connectivity index (χ1) is 47.7. The molecule has 0 bridgehead atoms. The highest BCUT2D eigenvalue weighted by molar-refractivity contribution is 6.20. The number of carbonyl (C=O) groups excluding carboxylic acids is 12. The Labute approximate surface area is 612 Å². The summed E-state index contributed by atoms with van der Waals surface area (Å²) >= 11 is 6.79. The summed E-state index contributed by atoms with van der Waals surface area (Å²) in [4.78, 5) is 189. The van der Waals surface area contributed by atoms with Crippen LogP contribution >= 0.6 is 11.6 Å². The highest BCUT2D eigenvalue weighted by atomic mass is 35.5. The maximum absolute atomic E-state index is 15.7. The lowest BCUT2D eigenvalue weighted by molar-refractivity contribution is -0.152. The fourth-order valence-electron chi connectivity index (χ4n) is 14.5. The summed E-state index contributed by atoms with van der Waals surface area (Å²) in [5.41, 5.74) is 0. The van der Waals surface area contributed by atoms with Crippen molar-refractivity contribution < 1.29 is 72.5 Å². The number of halogens is 1. The fourth-order valence-corrected chi connectivity index (χ4v) is 14.9. The molecule has 4 aliphatic rings. The summed E-state index contributed by atoms with van der Waals surface area (Å²) in [7, 11) is 8.41. The molecule has 2 aliphatic carbocycles. The van der Waals surface area contributed by atoms with Gasteiger partial charge in [0.15, 0.2) is 0 Å². The monoisotopic (exact) mass is 1460 g/mol. The first kappa shape index (κ1) is 88.2. The molecule has 0 aromatic rings. The highest BCUT2D eigenvalue weighted by Gasteiger charge is 2.45. The van der Waals surface area contributed by atoms with Crippen LogP contribution in [0.5, 0.6) is 0 Å². The van der Waals surface area contributed by atoms with Gasteiger partial charge in [-0.3, -0.25) is 57.5 Å².